The third kappa shape index (κ3) is 38.6. The van der Waals surface area contributed by atoms with Gasteiger partial charge in [0.1, 0.15) is 0 Å². The van der Waals surface area contributed by atoms with Gasteiger partial charge < -0.3 is 42.5 Å². The van der Waals surface area contributed by atoms with Gasteiger partial charge in [-0.2, -0.15) is 0 Å². The summed E-state index contributed by atoms with van der Waals surface area (Å²) in [6, 6.07) is 0. The highest BCUT2D eigenvalue weighted by atomic mass is 31.2. The van der Waals surface area contributed by atoms with Gasteiger partial charge in [0.15, 0.2) is 0 Å². The summed E-state index contributed by atoms with van der Waals surface area (Å²) in [5, 5.41) is 27.4. The van der Waals surface area contributed by atoms with Crippen molar-refractivity contribution in [2.75, 3.05) is 59.3 Å². The number of rotatable bonds is 42. The highest BCUT2D eigenvalue weighted by Crippen LogP contribution is 2.53. The minimum Gasteiger partial charge on any atom is -0.392 e. The molecular weight excluding hydrogens is 820 g/mol. The molecule has 2 heterocycles. The van der Waals surface area contributed by atoms with Crippen molar-refractivity contribution in [1.29, 1.82) is 0 Å². The molecule has 62 heavy (non-hydrogen) atoms. The van der Waals surface area contributed by atoms with Crippen LogP contribution in [0.25, 0.3) is 0 Å². The normalized spacial score (nSPS) is 20.7. The van der Waals surface area contributed by atoms with E-state index >= 15 is 0 Å². The van der Waals surface area contributed by atoms with E-state index in [1.54, 1.807) is 20.8 Å². The first-order chi connectivity index (χ1) is 30.2. The molecule has 0 aromatic heterocycles. The summed E-state index contributed by atoms with van der Waals surface area (Å²) < 4.78 is 35.7. The largest absolute Gasteiger partial charge is 0.392 e. The fraction of sp³-hybridized carbons (Fsp3) is 1.00. The first-order valence-electron chi connectivity index (χ1n) is 26.3. The highest BCUT2D eigenvalue weighted by molar-refractivity contribution is 7.42. The van der Waals surface area contributed by atoms with Gasteiger partial charge in [-0.1, -0.05) is 206 Å². The Hall–Kier alpha value is 0.460. The predicted octanol–water partition coefficient (Wildman–Crippen LogP) is 14.5. The molecular formula is C50H103NO9P2. The minimum atomic E-state index is -1.24. The number of aliphatic hydroxyl groups excluding tert-OH is 3. The summed E-state index contributed by atoms with van der Waals surface area (Å²) in [6.07, 6.45) is 42.8. The van der Waals surface area contributed by atoms with Crippen molar-refractivity contribution in [3.05, 3.63) is 0 Å². The second kappa shape index (κ2) is 44.0. The van der Waals surface area contributed by atoms with Crippen molar-refractivity contribution >= 4 is 17.2 Å². The number of unbranched alkanes of at least 4 members (excludes halogenated alkanes) is 30. The van der Waals surface area contributed by atoms with Crippen molar-refractivity contribution in [3.8, 4) is 0 Å². The van der Waals surface area contributed by atoms with Crippen molar-refractivity contribution < 1.29 is 42.5 Å². The summed E-state index contributed by atoms with van der Waals surface area (Å²) in [5.41, 5.74) is -0.229. The Kier molecular flexibility index (Phi) is 42.9. The van der Waals surface area contributed by atoms with Gasteiger partial charge >= 0.3 is 17.2 Å². The minimum absolute atomic E-state index is 0.229. The van der Waals surface area contributed by atoms with Crippen LogP contribution < -0.4 is 0 Å². The van der Waals surface area contributed by atoms with Gasteiger partial charge in [-0.15, -0.1) is 0 Å². The Morgan fingerprint density at radius 3 is 0.806 bits per heavy atom. The third-order valence-corrected chi connectivity index (χ3v) is 14.0. The molecule has 0 aliphatic carbocycles. The van der Waals surface area contributed by atoms with E-state index in [1.807, 2.05) is 4.90 Å². The Morgan fingerprint density at radius 2 is 0.597 bits per heavy atom. The molecule has 12 heteroatoms. The fourth-order valence-electron chi connectivity index (χ4n) is 8.16. The van der Waals surface area contributed by atoms with Gasteiger partial charge in [-0.25, -0.2) is 0 Å². The maximum absolute atomic E-state index is 9.14. The number of aliphatic hydroxyl groups is 3. The smallest absolute Gasteiger partial charge is 0.332 e. The van der Waals surface area contributed by atoms with Crippen LogP contribution in [-0.4, -0.2) is 97.8 Å². The lowest BCUT2D eigenvalue weighted by Crippen LogP contribution is -2.44. The third-order valence-electron chi connectivity index (χ3n) is 11.9. The van der Waals surface area contributed by atoms with Crippen LogP contribution in [0.1, 0.15) is 240 Å². The van der Waals surface area contributed by atoms with Crippen molar-refractivity contribution in [1.82, 2.24) is 4.90 Å². The second-order valence-electron chi connectivity index (χ2n) is 19.1. The van der Waals surface area contributed by atoms with E-state index < -0.39 is 35.5 Å². The summed E-state index contributed by atoms with van der Waals surface area (Å²) in [5.74, 6) is 0. The van der Waals surface area contributed by atoms with Crippen molar-refractivity contribution in [2.24, 2.45) is 5.41 Å². The standard InChI is InChI=1S/C41H82O6P2.C9H21NO3/c1-3-5-7-9-11-13-15-17-19-21-23-25-27-29-31-33-35-42-48-44-37-41(38-45-48)39-46-49(47-40-41)43-36-34-32-30-28-26-24-22-20-18-16-14-12-10-8-6-4-2;1-7(11)4-10(5-8(2)12)6-9(3)13/h3-40H2,1-2H3;7-9,11-13H,4-6H2,1-3H3. The van der Waals surface area contributed by atoms with E-state index in [9.17, 15) is 0 Å². The Bertz CT molecular complexity index is 822. The maximum atomic E-state index is 9.14. The van der Waals surface area contributed by atoms with Gasteiger partial charge in [-0.05, 0) is 33.6 Å². The molecule has 10 nitrogen and oxygen atoms in total. The van der Waals surface area contributed by atoms with Crippen LogP contribution in [-0.2, 0) is 27.1 Å². The lowest BCUT2D eigenvalue weighted by Gasteiger charge is -2.41. The van der Waals surface area contributed by atoms with Crippen molar-refractivity contribution in [3.63, 3.8) is 0 Å². The number of hydrogen-bond donors (Lipinski definition) is 3. The first-order valence-corrected chi connectivity index (χ1v) is 28.5. The maximum Gasteiger partial charge on any atom is 0.332 e. The van der Waals surface area contributed by atoms with E-state index in [4.69, 9.17) is 42.5 Å². The molecule has 0 aromatic rings. The molecule has 2 fully saturated rings. The molecule has 1 spiro atoms. The number of nitrogens with zero attached hydrogens (tertiary/aromatic N) is 1. The fourth-order valence-corrected chi connectivity index (χ4v) is 10.7. The van der Waals surface area contributed by atoms with Crippen LogP contribution in [0.2, 0.25) is 0 Å². The SMILES string of the molecule is CC(O)CN(CC(C)O)CC(C)O.CCCCCCCCCCCCCCCCCCOP1OCC2(CO1)COP(OCCCCCCCCCCCCCCCCCC)OC2. The highest BCUT2D eigenvalue weighted by Gasteiger charge is 2.44. The lowest BCUT2D eigenvalue weighted by molar-refractivity contribution is -0.0761. The average molecular weight is 924 g/mol. The van der Waals surface area contributed by atoms with Crippen LogP contribution in [0, 0.1) is 5.41 Å². The summed E-state index contributed by atoms with van der Waals surface area (Å²) >= 11 is 0. The first kappa shape index (κ1) is 60.5. The van der Waals surface area contributed by atoms with E-state index in [0.717, 1.165) is 26.1 Å². The van der Waals surface area contributed by atoms with Gasteiger partial charge in [0, 0.05) is 19.6 Å². The second-order valence-corrected chi connectivity index (χ2v) is 21.5. The van der Waals surface area contributed by atoms with E-state index in [0.29, 0.717) is 46.1 Å². The molecule has 3 unspecified atom stereocenters. The Labute approximate surface area is 386 Å². The topological polar surface area (TPSA) is 119 Å². The van der Waals surface area contributed by atoms with Crippen LogP contribution in [0.4, 0.5) is 0 Å². The van der Waals surface area contributed by atoms with E-state index in [2.05, 4.69) is 13.8 Å². The molecule has 0 saturated carbocycles. The molecule has 3 atom stereocenters. The van der Waals surface area contributed by atoms with Crippen LogP contribution in [0.3, 0.4) is 0 Å². The molecule has 372 valence electrons. The van der Waals surface area contributed by atoms with E-state index in [1.165, 1.54) is 193 Å². The molecule has 0 aromatic carbocycles. The summed E-state index contributed by atoms with van der Waals surface area (Å²) in [7, 11) is -2.48. The molecule has 2 rings (SSSR count). The molecule has 0 amide bonds. The van der Waals surface area contributed by atoms with Crippen LogP contribution >= 0.6 is 17.2 Å². The molecule has 0 radical (unpaired) electrons. The monoisotopic (exact) mass is 924 g/mol. The predicted molar refractivity (Wildman–Crippen MR) is 263 cm³/mol. The summed E-state index contributed by atoms with van der Waals surface area (Å²) in [4.78, 5) is 1.85. The average Bonchev–Trinajstić information content (AvgIpc) is 3.24. The van der Waals surface area contributed by atoms with E-state index in [-0.39, 0.29) is 5.41 Å². The van der Waals surface area contributed by atoms with Crippen molar-refractivity contribution in [2.45, 2.75) is 258 Å². The van der Waals surface area contributed by atoms with Gasteiger partial charge in [0.05, 0.1) is 63.4 Å². The summed E-state index contributed by atoms with van der Waals surface area (Å²) in [6.45, 7) is 14.8. The quantitative estimate of drug-likeness (QED) is 0.0403. The Morgan fingerprint density at radius 1 is 0.387 bits per heavy atom. The number of hydrogen-bond acceptors (Lipinski definition) is 10. The molecule has 2 saturated heterocycles. The zero-order chi connectivity index (χ0) is 45.2. The molecule has 2 aliphatic rings. The van der Waals surface area contributed by atoms with Gasteiger partial charge in [0.2, 0.25) is 0 Å². The van der Waals surface area contributed by atoms with Gasteiger partial charge in [-0.3, -0.25) is 4.90 Å². The lowest BCUT2D eigenvalue weighted by atomic mass is 9.93. The van der Waals surface area contributed by atoms with Crippen LogP contribution in [0.15, 0.2) is 0 Å². The molecule has 3 N–H and O–H groups in total. The van der Waals surface area contributed by atoms with Gasteiger partial charge in [0.25, 0.3) is 0 Å². The van der Waals surface area contributed by atoms with Crippen LogP contribution in [0.5, 0.6) is 0 Å². The zero-order valence-corrected chi connectivity index (χ0v) is 43.1. The molecule has 0 bridgehead atoms. The zero-order valence-electron chi connectivity index (χ0n) is 41.4. The Balaban J connectivity index is 0.00000127. The molecule has 2 aliphatic heterocycles.